The summed E-state index contributed by atoms with van der Waals surface area (Å²) in [4.78, 5) is 2.53. The van der Waals surface area contributed by atoms with Gasteiger partial charge in [0.25, 0.3) is 0 Å². The number of nitrogens with zero attached hydrogens (tertiary/aromatic N) is 1. The van der Waals surface area contributed by atoms with E-state index in [2.05, 4.69) is 52.5 Å². The number of benzene rings is 1. The fourth-order valence-electron chi connectivity index (χ4n) is 3.60. The molecule has 3 rings (SSSR count). The minimum absolute atomic E-state index is 0.699. The summed E-state index contributed by atoms with van der Waals surface area (Å²) in [6, 6.07) is 7.78. The summed E-state index contributed by atoms with van der Waals surface area (Å²) in [5.74, 6) is 0.886. The molecule has 108 valence electrons. The third kappa shape index (κ3) is 2.67. The van der Waals surface area contributed by atoms with Gasteiger partial charge < -0.3 is 4.90 Å². The van der Waals surface area contributed by atoms with Crippen molar-refractivity contribution in [2.24, 2.45) is 5.92 Å². The second kappa shape index (κ2) is 5.93. The van der Waals surface area contributed by atoms with E-state index in [1.54, 1.807) is 0 Å². The summed E-state index contributed by atoms with van der Waals surface area (Å²) in [5.41, 5.74) is 5.77. The molecule has 1 fully saturated rings. The van der Waals surface area contributed by atoms with Crippen molar-refractivity contribution in [3.8, 4) is 0 Å². The first-order valence-corrected chi connectivity index (χ1v) is 8.96. The molecule has 2 aliphatic rings. The molecule has 0 unspecified atom stereocenters. The summed E-state index contributed by atoms with van der Waals surface area (Å²) >= 11 is 3.52. The van der Waals surface area contributed by atoms with Crippen LogP contribution in [0.5, 0.6) is 0 Å². The zero-order valence-electron chi connectivity index (χ0n) is 12.4. The van der Waals surface area contributed by atoms with E-state index < -0.39 is 0 Å². The standard InChI is InChI=1S/C18H24BrN/c1-13-10-17(11-13)20-14(2)5-7-16-12-15(4-3-9-19)6-8-18(16)20/h6,8,12-13,17H,2-5,7,9-11H2,1H3. The molecule has 1 aromatic carbocycles. The zero-order chi connectivity index (χ0) is 14.1. The number of halogens is 1. The Morgan fingerprint density at radius 2 is 2.10 bits per heavy atom. The third-order valence-electron chi connectivity index (χ3n) is 4.74. The number of anilines is 1. The van der Waals surface area contributed by atoms with Gasteiger partial charge in [0.1, 0.15) is 0 Å². The third-order valence-corrected chi connectivity index (χ3v) is 5.30. The fourth-order valence-corrected chi connectivity index (χ4v) is 3.88. The van der Waals surface area contributed by atoms with Crippen LogP contribution < -0.4 is 4.90 Å². The second-order valence-electron chi connectivity index (χ2n) is 6.42. The Morgan fingerprint density at radius 3 is 2.80 bits per heavy atom. The summed E-state index contributed by atoms with van der Waals surface area (Å²) in [5, 5.41) is 1.09. The van der Waals surface area contributed by atoms with Crippen LogP contribution in [0.1, 0.15) is 43.7 Å². The van der Waals surface area contributed by atoms with Crippen molar-refractivity contribution in [3.63, 3.8) is 0 Å². The number of allylic oxidation sites excluding steroid dienone is 1. The Labute approximate surface area is 131 Å². The molecule has 0 bridgehead atoms. The molecular formula is C18H24BrN. The molecule has 1 nitrogen and oxygen atoms in total. The fraction of sp³-hybridized carbons (Fsp3) is 0.556. The van der Waals surface area contributed by atoms with Crippen LogP contribution in [0.25, 0.3) is 0 Å². The van der Waals surface area contributed by atoms with Gasteiger partial charge in [0.15, 0.2) is 0 Å². The van der Waals surface area contributed by atoms with Crippen molar-refractivity contribution >= 4 is 21.6 Å². The van der Waals surface area contributed by atoms with Crippen LogP contribution in [0, 0.1) is 5.92 Å². The summed E-state index contributed by atoms with van der Waals surface area (Å²) in [7, 11) is 0. The van der Waals surface area contributed by atoms with E-state index in [-0.39, 0.29) is 0 Å². The average Bonchev–Trinajstić information content (AvgIpc) is 2.42. The Balaban J connectivity index is 1.83. The van der Waals surface area contributed by atoms with Gasteiger partial charge in [-0.2, -0.15) is 0 Å². The topological polar surface area (TPSA) is 3.24 Å². The molecule has 2 heteroatoms. The number of alkyl halides is 1. The van der Waals surface area contributed by atoms with Crippen LogP contribution in [0.2, 0.25) is 0 Å². The largest absolute Gasteiger partial charge is 0.342 e. The van der Waals surface area contributed by atoms with E-state index in [0.29, 0.717) is 6.04 Å². The maximum atomic E-state index is 4.31. The van der Waals surface area contributed by atoms with Crippen molar-refractivity contribution in [1.82, 2.24) is 0 Å². The number of fused-ring (bicyclic) bond motifs is 1. The molecule has 1 heterocycles. The molecule has 0 aromatic heterocycles. The molecule has 1 aromatic rings. The first-order chi connectivity index (χ1) is 9.69. The average molecular weight is 334 g/mol. The smallest absolute Gasteiger partial charge is 0.0443 e. The predicted octanol–water partition coefficient (Wildman–Crippen LogP) is 5.08. The minimum Gasteiger partial charge on any atom is -0.342 e. The van der Waals surface area contributed by atoms with Gasteiger partial charge >= 0.3 is 0 Å². The lowest BCUT2D eigenvalue weighted by Crippen LogP contribution is -2.45. The van der Waals surface area contributed by atoms with E-state index in [4.69, 9.17) is 0 Å². The highest BCUT2D eigenvalue weighted by Gasteiger charge is 2.34. The molecule has 1 aliphatic carbocycles. The Kier molecular flexibility index (Phi) is 4.21. The quantitative estimate of drug-likeness (QED) is 0.694. The summed E-state index contributed by atoms with van der Waals surface area (Å²) < 4.78 is 0. The van der Waals surface area contributed by atoms with E-state index in [1.807, 2.05) is 0 Å². The summed E-state index contributed by atoms with van der Waals surface area (Å²) in [6.07, 6.45) is 7.33. The number of hydrogen-bond donors (Lipinski definition) is 0. The minimum atomic E-state index is 0.699. The predicted molar refractivity (Wildman–Crippen MR) is 90.7 cm³/mol. The van der Waals surface area contributed by atoms with Crippen molar-refractivity contribution in [2.45, 2.75) is 51.5 Å². The van der Waals surface area contributed by atoms with E-state index in [9.17, 15) is 0 Å². The maximum Gasteiger partial charge on any atom is 0.0443 e. The molecule has 20 heavy (non-hydrogen) atoms. The highest BCUT2D eigenvalue weighted by Crippen LogP contribution is 2.41. The monoisotopic (exact) mass is 333 g/mol. The van der Waals surface area contributed by atoms with Gasteiger partial charge in [-0.1, -0.05) is 41.6 Å². The Bertz CT molecular complexity index is 502. The molecule has 1 saturated carbocycles. The number of rotatable bonds is 4. The number of hydrogen-bond acceptors (Lipinski definition) is 1. The molecule has 0 amide bonds. The van der Waals surface area contributed by atoms with Crippen LogP contribution in [-0.4, -0.2) is 11.4 Å². The van der Waals surface area contributed by atoms with Crippen LogP contribution in [0.4, 0.5) is 5.69 Å². The lowest BCUT2D eigenvalue weighted by atomic mass is 9.79. The van der Waals surface area contributed by atoms with Gasteiger partial charge in [-0.25, -0.2) is 0 Å². The van der Waals surface area contributed by atoms with Crippen LogP contribution in [0.15, 0.2) is 30.5 Å². The van der Waals surface area contributed by atoms with Gasteiger partial charge in [0.05, 0.1) is 0 Å². The lowest BCUT2D eigenvalue weighted by molar-refractivity contribution is 0.280. The van der Waals surface area contributed by atoms with Crippen molar-refractivity contribution in [3.05, 3.63) is 41.6 Å². The molecule has 0 radical (unpaired) electrons. The van der Waals surface area contributed by atoms with Gasteiger partial charge in [0.2, 0.25) is 0 Å². The van der Waals surface area contributed by atoms with E-state index in [0.717, 1.165) is 24.1 Å². The van der Waals surface area contributed by atoms with E-state index in [1.165, 1.54) is 48.2 Å². The maximum absolute atomic E-state index is 4.31. The number of aryl methyl sites for hydroxylation is 2. The van der Waals surface area contributed by atoms with Crippen molar-refractivity contribution < 1.29 is 0 Å². The van der Waals surface area contributed by atoms with Gasteiger partial charge in [-0.15, -0.1) is 0 Å². The molecule has 1 aliphatic heterocycles. The Morgan fingerprint density at radius 1 is 1.30 bits per heavy atom. The molecule has 0 atom stereocenters. The molecule has 0 saturated heterocycles. The summed E-state index contributed by atoms with van der Waals surface area (Å²) in [6.45, 7) is 6.67. The molecular weight excluding hydrogens is 310 g/mol. The van der Waals surface area contributed by atoms with Gasteiger partial charge in [-0.05, 0) is 61.6 Å². The molecule has 0 N–H and O–H groups in total. The highest BCUT2D eigenvalue weighted by atomic mass is 79.9. The first kappa shape index (κ1) is 14.2. The molecule has 0 spiro atoms. The highest BCUT2D eigenvalue weighted by molar-refractivity contribution is 9.09. The Hall–Kier alpha value is -0.760. The SMILES string of the molecule is C=C1CCc2cc(CCCBr)ccc2N1C1CC(C)C1. The zero-order valence-corrected chi connectivity index (χ0v) is 14.0. The first-order valence-electron chi connectivity index (χ1n) is 7.84. The van der Waals surface area contributed by atoms with Gasteiger partial charge in [0, 0.05) is 22.8 Å². The van der Waals surface area contributed by atoms with Crippen LogP contribution >= 0.6 is 15.9 Å². The lowest BCUT2D eigenvalue weighted by Gasteiger charge is -2.46. The van der Waals surface area contributed by atoms with Crippen molar-refractivity contribution in [1.29, 1.82) is 0 Å². The van der Waals surface area contributed by atoms with Crippen molar-refractivity contribution in [2.75, 3.05) is 10.2 Å². The van der Waals surface area contributed by atoms with Crippen LogP contribution in [0.3, 0.4) is 0 Å². The van der Waals surface area contributed by atoms with Gasteiger partial charge in [-0.3, -0.25) is 0 Å². The van der Waals surface area contributed by atoms with E-state index >= 15 is 0 Å². The normalized spacial score (nSPS) is 25.3. The van der Waals surface area contributed by atoms with Crippen LogP contribution in [-0.2, 0) is 12.8 Å². The second-order valence-corrected chi connectivity index (χ2v) is 7.22.